The molecule has 1 rings (SSSR count). The summed E-state index contributed by atoms with van der Waals surface area (Å²) in [5.74, 6) is -0.914. The Morgan fingerprint density at radius 2 is 1.88 bits per heavy atom. The van der Waals surface area contributed by atoms with Crippen LogP contribution >= 0.6 is 0 Å². The first kappa shape index (κ1) is 12.7. The van der Waals surface area contributed by atoms with Gasteiger partial charge in [0, 0.05) is 6.20 Å². The van der Waals surface area contributed by atoms with Crippen molar-refractivity contribution >= 4 is 0 Å². The minimum atomic E-state index is -4.82. The summed E-state index contributed by atoms with van der Waals surface area (Å²) in [6, 6.07) is 0. The highest BCUT2D eigenvalue weighted by molar-refractivity contribution is 5.43. The normalized spacial score (nSPS) is 12.0. The first-order chi connectivity index (χ1) is 7.29. The van der Waals surface area contributed by atoms with Crippen LogP contribution in [0.2, 0.25) is 0 Å². The summed E-state index contributed by atoms with van der Waals surface area (Å²) in [5.41, 5.74) is -2.25. The van der Waals surface area contributed by atoms with Gasteiger partial charge in [-0.3, -0.25) is 0 Å². The summed E-state index contributed by atoms with van der Waals surface area (Å²) in [5, 5.41) is 0. The monoisotopic (exact) mass is 241 g/mol. The van der Waals surface area contributed by atoms with Crippen LogP contribution in [0.25, 0.3) is 0 Å². The largest absolute Gasteiger partial charge is 0.494 e. The third kappa shape index (κ3) is 2.23. The lowest BCUT2D eigenvalue weighted by Crippen LogP contribution is -2.13. The van der Waals surface area contributed by atoms with E-state index in [0.717, 1.165) is 13.3 Å². The number of nitrogens with zero attached hydrogens (tertiary/aromatic N) is 1. The molecule has 1 heterocycles. The van der Waals surface area contributed by atoms with Crippen LogP contribution < -0.4 is 4.74 Å². The average molecular weight is 241 g/mol. The average Bonchev–Trinajstić information content (AvgIpc) is 2.14. The van der Waals surface area contributed by atoms with E-state index in [9.17, 15) is 22.0 Å². The van der Waals surface area contributed by atoms with E-state index in [2.05, 4.69) is 9.72 Å². The molecule has 7 heteroatoms. The summed E-state index contributed by atoms with van der Waals surface area (Å²) in [6.45, 7) is 1.25. The van der Waals surface area contributed by atoms with E-state index >= 15 is 0 Å². The Bertz CT molecular complexity index is 388. The van der Waals surface area contributed by atoms with Crippen LogP contribution in [-0.4, -0.2) is 12.1 Å². The molecule has 0 amide bonds. The topological polar surface area (TPSA) is 22.1 Å². The van der Waals surface area contributed by atoms with Crippen LogP contribution in [0.15, 0.2) is 6.20 Å². The summed E-state index contributed by atoms with van der Waals surface area (Å²) < 4.78 is 66.8. The zero-order valence-electron chi connectivity index (χ0n) is 8.40. The number of rotatable bonds is 2. The van der Waals surface area contributed by atoms with Gasteiger partial charge in [0.15, 0.2) is 11.4 Å². The Hall–Kier alpha value is -1.40. The molecule has 0 saturated heterocycles. The number of aromatic nitrogens is 1. The van der Waals surface area contributed by atoms with Gasteiger partial charge in [0.25, 0.3) is 6.43 Å². The maximum atomic E-state index is 12.6. The van der Waals surface area contributed by atoms with Gasteiger partial charge in [-0.15, -0.1) is 0 Å². The van der Waals surface area contributed by atoms with Gasteiger partial charge < -0.3 is 4.74 Å². The summed E-state index contributed by atoms with van der Waals surface area (Å²) >= 11 is 0. The molecule has 0 aliphatic rings. The molecule has 0 bridgehead atoms. The quantitative estimate of drug-likeness (QED) is 0.740. The Morgan fingerprint density at radius 1 is 1.31 bits per heavy atom. The molecule has 0 atom stereocenters. The fourth-order valence-corrected chi connectivity index (χ4v) is 1.28. The Morgan fingerprint density at radius 3 is 2.25 bits per heavy atom. The molecule has 0 spiro atoms. The van der Waals surface area contributed by atoms with Crippen molar-refractivity contribution in [2.45, 2.75) is 19.5 Å². The molecule has 2 nitrogen and oxygen atoms in total. The van der Waals surface area contributed by atoms with Gasteiger partial charge in [0.2, 0.25) is 0 Å². The van der Waals surface area contributed by atoms with Gasteiger partial charge in [-0.05, 0) is 12.5 Å². The van der Waals surface area contributed by atoms with Crippen molar-refractivity contribution in [3.05, 3.63) is 23.0 Å². The second-order valence-corrected chi connectivity index (χ2v) is 3.04. The van der Waals surface area contributed by atoms with E-state index in [4.69, 9.17) is 0 Å². The van der Waals surface area contributed by atoms with Gasteiger partial charge in [-0.2, -0.15) is 13.2 Å². The fraction of sp³-hybridized carbons (Fsp3) is 0.444. The molecule has 1 aromatic heterocycles. The molecule has 1 aromatic rings. The van der Waals surface area contributed by atoms with E-state index < -0.39 is 29.6 Å². The predicted octanol–water partition coefficient (Wildman–Crippen LogP) is 3.36. The number of ether oxygens (including phenoxy) is 1. The molecule has 0 saturated carbocycles. The molecule has 16 heavy (non-hydrogen) atoms. The zero-order valence-corrected chi connectivity index (χ0v) is 8.40. The molecule has 90 valence electrons. The van der Waals surface area contributed by atoms with Crippen LogP contribution in [0.5, 0.6) is 5.75 Å². The van der Waals surface area contributed by atoms with Gasteiger partial charge >= 0.3 is 6.18 Å². The van der Waals surface area contributed by atoms with Crippen molar-refractivity contribution in [1.29, 1.82) is 0 Å². The lowest BCUT2D eigenvalue weighted by Gasteiger charge is -2.15. The van der Waals surface area contributed by atoms with Crippen molar-refractivity contribution in [3.8, 4) is 5.75 Å². The third-order valence-corrected chi connectivity index (χ3v) is 1.96. The lowest BCUT2D eigenvalue weighted by atomic mass is 10.1. The number of methoxy groups -OCH3 is 1. The second-order valence-electron chi connectivity index (χ2n) is 3.04. The number of alkyl halides is 5. The van der Waals surface area contributed by atoms with Gasteiger partial charge in [-0.25, -0.2) is 13.8 Å². The molecular weight excluding hydrogens is 233 g/mol. The first-order valence-electron chi connectivity index (χ1n) is 4.17. The van der Waals surface area contributed by atoms with E-state index in [0.29, 0.717) is 0 Å². The fourth-order valence-electron chi connectivity index (χ4n) is 1.28. The second kappa shape index (κ2) is 4.23. The SMILES string of the molecule is COc1c(C(F)(F)F)ncc(C)c1C(F)F. The van der Waals surface area contributed by atoms with Crippen molar-refractivity contribution in [3.63, 3.8) is 0 Å². The highest BCUT2D eigenvalue weighted by Gasteiger charge is 2.39. The van der Waals surface area contributed by atoms with Gasteiger partial charge in [-0.1, -0.05) is 0 Å². The van der Waals surface area contributed by atoms with Crippen LogP contribution in [0.1, 0.15) is 23.2 Å². The van der Waals surface area contributed by atoms with Crippen molar-refractivity contribution < 1.29 is 26.7 Å². The smallest absolute Gasteiger partial charge is 0.437 e. The first-order valence-corrected chi connectivity index (χ1v) is 4.17. The van der Waals surface area contributed by atoms with Crippen molar-refractivity contribution in [1.82, 2.24) is 4.98 Å². The minimum absolute atomic E-state index is 0.0418. The molecule has 0 aliphatic carbocycles. The van der Waals surface area contributed by atoms with E-state index in [1.165, 1.54) is 6.92 Å². The molecule has 0 N–H and O–H groups in total. The molecule has 0 unspecified atom stereocenters. The minimum Gasteiger partial charge on any atom is -0.494 e. The zero-order chi connectivity index (χ0) is 12.5. The number of aryl methyl sites for hydroxylation is 1. The van der Waals surface area contributed by atoms with Crippen LogP contribution in [0.3, 0.4) is 0 Å². The highest BCUT2D eigenvalue weighted by Crippen LogP contribution is 2.40. The Labute approximate surface area is 88.1 Å². The summed E-state index contributed by atoms with van der Waals surface area (Å²) in [6.07, 6.45) is -7.10. The van der Waals surface area contributed by atoms with Crippen molar-refractivity contribution in [2.24, 2.45) is 0 Å². The highest BCUT2D eigenvalue weighted by atomic mass is 19.4. The number of pyridine rings is 1. The predicted molar refractivity (Wildman–Crippen MR) is 45.5 cm³/mol. The number of hydrogen-bond acceptors (Lipinski definition) is 2. The van der Waals surface area contributed by atoms with Crippen LogP contribution in [0, 0.1) is 6.92 Å². The molecule has 0 aromatic carbocycles. The van der Waals surface area contributed by atoms with Crippen LogP contribution in [0.4, 0.5) is 22.0 Å². The maximum Gasteiger partial charge on any atom is 0.437 e. The van der Waals surface area contributed by atoms with E-state index in [1.807, 2.05) is 0 Å². The Kier molecular flexibility index (Phi) is 3.35. The lowest BCUT2D eigenvalue weighted by molar-refractivity contribution is -0.142. The van der Waals surface area contributed by atoms with E-state index in [1.54, 1.807) is 0 Å². The summed E-state index contributed by atoms with van der Waals surface area (Å²) in [7, 11) is 0.900. The summed E-state index contributed by atoms with van der Waals surface area (Å²) in [4.78, 5) is 3.08. The third-order valence-electron chi connectivity index (χ3n) is 1.96. The van der Waals surface area contributed by atoms with Gasteiger partial charge in [0.1, 0.15) is 0 Å². The molecule has 0 fully saturated rings. The Balaban J connectivity index is 3.49. The number of halogens is 5. The maximum absolute atomic E-state index is 12.6. The van der Waals surface area contributed by atoms with Gasteiger partial charge in [0.05, 0.1) is 12.7 Å². The molecule has 0 radical (unpaired) electrons. The molecule has 0 aliphatic heterocycles. The standard InChI is InChI=1S/C9H8F5NO/c1-4-3-15-7(9(12,13)14)6(16-2)5(4)8(10)11/h3,8H,1-2H3. The molecular formula is C9H8F5NO. The number of hydrogen-bond donors (Lipinski definition) is 0. The van der Waals surface area contributed by atoms with E-state index in [-0.39, 0.29) is 5.56 Å². The van der Waals surface area contributed by atoms with Crippen molar-refractivity contribution in [2.75, 3.05) is 7.11 Å². The van der Waals surface area contributed by atoms with Crippen LogP contribution in [-0.2, 0) is 6.18 Å².